The van der Waals surface area contributed by atoms with Gasteiger partial charge in [0.05, 0.1) is 25.4 Å². The number of hydrogen-bond acceptors (Lipinski definition) is 8. The number of halogens is 1. The summed E-state index contributed by atoms with van der Waals surface area (Å²) in [5.74, 6) is 0.285. The summed E-state index contributed by atoms with van der Waals surface area (Å²) in [6.07, 6.45) is 4.25. The molecule has 0 fully saturated rings. The third-order valence-corrected chi connectivity index (χ3v) is 7.38. The van der Waals surface area contributed by atoms with Gasteiger partial charge in [-0.25, -0.2) is 4.79 Å². The van der Waals surface area contributed by atoms with E-state index in [1.165, 1.54) is 30.3 Å². The van der Waals surface area contributed by atoms with Gasteiger partial charge in [0, 0.05) is 53.4 Å². The Labute approximate surface area is 242 Å². The molecule has 2 heterocycles. The molecule has 9 nitrogen and oxygen atoms in total. The smallest absolute Gasteiger partial charge is 0.340 e. The highest BCUT2D eigenvalue weighted by Gasteiger charge is 2.53. The van der Waals surface area contributed by atoms with Crippen LogP contribution in [0.15, 0.2) is 54.6 Å². The number of rotatable bonds is 13. The van der Waals surface area contributed by atoms with Crippen molar-refractivity contribution in [2.24, 2.45) is 0 Å². The standard InChI is InChI=1S/C31H32ClNO8/c32-11-3-1-2-4-13-38-15-16-39-14-12-33-29(36)20-5-8-24-23(17-20)30(37)41-31(24)25-9-6-21(34)18-27(25)40-28-19-22(35)7-10-26(28)31/h5-10,17-19,34-35H,1-4,11-16H2,(H,33,36). The number of aromatic hydroxyl groups is 2. The molecule has 0 atom stereocenters. The summed E-state index contributed by atoms with van der Waals surface area (Å²) < 4.78 is 23.1. The number of ether oxygens (including phenoxy) is 4. The zero-order valence-electron chi connectivity index (χ0n) is 22.5. The fourth-order valence-electron chi connectivity index (χ4n) is 5.16. The van der Waals surface area contributed by atoms with Gasteiger partial charge in [-0.05, 0) is 49.2 Å². The Morgan fingerprint density at radius 1 is 0.805 bits per heavy atom. The lowest BCUT2D eigenvalue weighted by Gasteiger charge is -2.36. The minimum absolute atomic E-state index is 0.0237. The predicted octanol–water partition coefficient (Wildman–Crippen LogP) is 5.23. The molecule has 0 aliphatic carbocycles. The van der Waals surface area contributed by atoms with Gasteiger partial charge in [0.15, 0.2) is 5.60 Å². The number of amides is 1. The van der Waals surface area contributed by atoms with Crippen LogP contribution in [0.1, 0.15) is 63.1 Å². The molecule has 0 unspecified atom stereocenters. The van der Waals surface area contributed by atoms with Gasteiger partial charge in [-0.15, -0.1) is 11.6 Å². The van der Waals surface area contributed by atoms with E-state index in [2.05, 4.69) is 5.32 Å². The van der Waals surface area contributed by atoms with Crippen LogP contribution < -0.4 is 10.1 Å². The summed E-state index contributed by atoms with van der Waals surface area (Å²) in [6.45, 7) is 2.25. The lowest BCUT2D eigenvalue weighted by atomic mass is 9.77. The Hall–Kier alpha value is -3.79. The van der Waals surface area contributed by atoms with Crippen molar-refractivity contribution in [1.29, 1.82) is 0 Å². The number of carbonyl (C=O) groups is 2. The Kier molecular flexibility index (Phi) is 8.97. The monoisotopic (exact) mass is 581 g/mol. The van der Waals surface area contributed by atoms with Gasteiger partial charge in [0.25, 0.3) is 5.91 Å². The average Bonchev–Trinajstić information content (AvgIpc) is 3.25. The van der Waals surface area contributed by atoms with Gasteiger partial charge in [0.2, 0.25) is 0 Å². The van der Waals surface area contributed by atoms with E-state index < -0.39 is 11.6 Å². The third kappa shape index (κ3) is 5.98. The summed E-state index contributed by atoms with van der Waals surface area (Å²) >= 11 is 5.66. The van der Waals surface area contributed by atoms with Gasteiger partial charge in [-0.1, -0.05) is 18.9 Å². The lowest BCUT2D eigenvalue weighted by Crippen LogP contribution is -2.33. The van der Waals surface area contributed by atoms with E-state index in [1.54, 1.807) is 24.3 Å². The molecule has 0 saturated carbocycles. The Morgan fingerprint density at radius 3 is 2.12 bits per heavy atom. The highest BCUT2D eigenvalue weighted by molar-refractivity contribution is 6.17. The minimum atomic E-state index is -1.37. The summed E-state index contributed by atoms with van der Waals surface area (Å²) in [4.78, 5) is 26.1. The van der Waals surface area contributed by atoms with Gasteiger partial charge in [-0.3, -0.25) is 4.79 Å². The van der Waals surface area contributed by atoms with E-state index in [4.69, 9.17) is 30.5 Å². The molecule has 0 aromatic heterocycles. The average molecular weight is 582 g/mol. The van der Waals surface area contributed by atoms with Crippen LogP contribution in [0.25, 0.3) is 0 Å². The number of hydrogen-bond donors (Lipinski definition) is 3. The predicted molar refractivity (Wildman–Crippen MR) is 151 cm³/mol. The number of unbranched alkanes of at least 4 members (excludes halogenated alkanes) is 3. The molecule has 0 radical (unpaired) electrons. The Morgan fingerprint density at radius 2 is 1.44 bits per heavy atom. The summed E-state index contributed by atoms with van der Waals surface area (Å²) in [5.41, 5.74) is 0.748. The molecule has 0 saturated heterocycles. The highest BCUT2D eigenvalue weighted by Crippen LogP contribution is 2.57. The second-order valence-corrected chi connectivity index (χ2v) is 10.3. The van der Waals surface area contributed by atoms with Gasteiger partial charge in [-0.2, -0.15) is 0 Å². The molecular formula is C31H32ClNO8. The van der Waals surface area contributed by atoms with Gasteiger partial charge in [0.1, 0.15) is 23.0 Å². The number of benzene rings is 3. The molecule has 2 aliphatic heterocycles. The van der Waals surface area contributed by atoms with Crippen LogP contribution in [0.4, 0.5) is 0 Å². The molecule has 0 bridgehead atoms. The molecule has 5 rings (SSSR count). The van der Waals surface area contributed by atoms with Crippen LogP contribution in [0.2, 0.25) is 0 Å². The van der Waals surface area contributed by atoms with Crippen LogP contribution in [0.5, 0.6) is 23.0 Å². The van der Waals surface area contributed by atoms with Gasteiger partial charge < -0.3 is 34.5 Å². The van der Waals surface area contributed by atoms with E-state index in [-0.39, 0.29) is 23.0 Å². The quantitative estimate of drug-likeness (QED) is 0.142. The first kappa shape index (κ1) is 28.7. The van der Waals surface area contributed by atoms with Crippen LogP contribution in [-0.2, 0) is 19.8 Å². The van der Waals surface area contributed by atoms with E-state index in [0.29, 0.717) is 72.6 Å². The SMILES string of the molecule is O=C(NCCOCCOCCCCCCCl)c1ccc2c(c1)C(=O)OC21c2ccc(O)cc2Oc2cc(O)ccc21. The van der Waals surface area contributed by atoms with Crippen molar-refractivity contribution >= 4 is 23.5 Å². The maximum Gasteiger partial charge on any atom is 0.340 e. The van der Waals surface area contributed by atoms with Gasteiger partial charge >= 0.3 is 5.97 Å². The Balaban J connectivity index is 1.23. The number of nitrogens with one attached hydrogen (secondary N) is 1. The van der Waals surface area contributed by atoms with Crippen LogP contribution in [0, 0.1) is 0 Å². The van der Waals surface area contributed by atoms with E-state index in [1.807, 2.05) is 0 Å². The van der Waals surface area contributed by atoms with E-state index in [9.17, 15) is 19.8 Å². The zero-order valence-corrected chi connectivity index (χ0v) is 23.2. The topological polar surface area (TPSA) is 124 Å². The lowest BCUT2D eigenvalue weighted by molar-refractivity contribution is 0.0224. The molecule has 3 N–H and O–H groups in total. The van der Waals surface area contributed by atoms with Crippen molar-refractivity contribution in [3.8, 4) is 23.0 Å². The number of alkyl halides is 1. The van der Waals surface area contributed by atoms with E-state index >= 15 is 0 Å². The molecule has 3 aromatic rings. The third-order valence-electron chi connectivity index (χ3n) is 7.11. The van der Waals surface area contributed by atoms with Crippen molar-refractivity contribution in [2.45, 2.75) is 31.3 Å². The van der Waals surface area contributed by atoms with Crippen LogP contribution in [0.3, 0.4) is 0 Å². The van der Waals surface area contributed by atoms with Crippen molar-refractivity contribution in [3.05, 3.63) is 82.4 Å². The summed E-state index contributed by atoms with van der Waals surface area (Å²) in [5, 5.41) is 22.9. The number of phenols is 2. The first-order chi connectivity index (χ1) is 19.9. The number of fused-ring (bicyclic) bond motifs is 6. The van der Waals surface area contributed by atoms with Crippen molar-refractivity contribution in [1.82, 2.24) is 5.32 Å². The molecule has 3 aromatic carbocycles. The second-order valence-electron chi connectivity index (χ2n) is 9.88. The van der Waals surface area contributed by atoms with Crippen molar-refractivity contribution in [2.75, 3.05) is 38.9 Å². The van der Waals surface area contributed by atoms with E-state index in [0.717, 1.165) is 25.7 Å². The van der Waals surface area contributed by atoms with Crippen LogP contribution >= 0.6 is 11.6 Å². The number of carbonyl (C=O) groups excluding carboxylic acids is 2. The first-order valence-electron chi connectivity index (χ1n) is 13.7. The zero-order chi connectivity index (χ0) is 28.8. The molecular weight excluding hydrogens is 550 g/mol. The highest BCUT2D eigenvalue weighted by atomic mass is 35.5. The molecule has 10 heteroatoms. The molecule has 41 heavy (non-hydrogen) atoms. The first-order valence-corrected chi connectivity index (χ1v) is 14.2. The molecule has 2 aliphatic rings. The summed E-state index contributed by atoms with van der Waals surface area (Å²) in [6, 6.07) is 13.9. The fourth-order valence-corrected chi connectivity index (χ4v) is 5.35. The largest absolute Gasteiger partial charge is 0.508 e. The van der Waals surface area contributed by atoms with Crippen molar-refractivity contribution in [3.63, 3.8) is 0 Å². The normalized spacial score (nSPS) is 14.1. The Bertz CT molecular complexity index is 1370. The fraction of sp³-hybridized carbons (Fsp3) is 0.355. The molecule has 216 valence electrons. The van der Waals surface area contributed by atoms with Crippen LogP contribution in [-0.4, -0.2) is 60.9 Å². The second kappa shape index (κ2) is 12.8. The van der Waals surface area contributed by atoms with Crippen molar-refractivity contribution < 1.29 is 38.7 Å². The maximum atomic E-state index is 13.2. The minimum Gasteiger partial charge on any atom is -0.508 e. The maximum absolute atomic E-state index is 13.2. The number of esters is 1. The number of phenolic OH excluding ortho intramolecular Hbond substituents is 2. The molecule has 1 spiro atoms. The molecule has 1 amide bonds. The summed E-state index contributed by atoms with van der Waals surface area (Å²) in [7, 11) is 0.